The van der Waals surface area contributed by atoms with Crippen LogP contribution in [0.2, 0.25) is 0 Å². The monoisotopic (exact) mass is 337 g/mol. The highest BCUT2D eigenvalue weighted by Crippen LogP contribution is 2.38. The first-order valence-electron chi connectivity index (χ1n) is 8.15. The zero-order valence-electron chi connectivity index (χ0n) is 13.9. The van der Waals surface area contributed by atoms with Crippen molar-refractivity contribution >= 4 is 28.9 Å². The van der Waals surface area contributed by atoms with Crippen molar-refractivity contribution in [2.45, 2.75) is 13.3 Å². The number of benzene rings is 2. The van der Waals surface area contributed by atoms with Crippen molar-refractivity contribution in [2.75, 3.05) is 11.9 Å². The van der Waals surface area contributed by atoms with E-state index < -0.39 is 0 Å². The molecule has 1 saturated carbocycles. The van der Waals surface area contributed by atoms with Gasteiger partial charge >= 0.3 is 5.97 Å². The first-order chi connectivity index (χ1) is 12.1. The predicted molar refractivity (Wildman–Crippen MR) is 93.9 cm³/mol. The molecule has 2 aromatic rings. The highest BCUT2D eigenvalue weighted by Gasteiger charge is 2.40. The zero-order valence-corrected chi connectivity index (χ0v) is 13.9. The molecule has 2 aromatic carbocycles. The third-order valence-electron chi connectivity index (χ3n) is 3.95. The molecule has 1 aliphatic rings. The average molecular weight is 337 g/mol. The van der Waals surface area contributed by atoms with Gasteiger partial charge in [0, 0.05) is 5.69 Å². The van der Waals surface area contributed by atoms with Gasteiger partial charge in [0.2, 0.25) is 0 Å². The van der Waals surface area contributed by atoms with Crippen molar-refractivity contribution in [3.8, 4) is 0 Å². The van der Waals surface area contributed by atoms with Crippen molar-refractivity contribution < 1.29 is 14.3 Å². The minimum Gasteiger partial charge on any atom is -0.455 e. The summed E-state index contributed by atoms with van der Waals surface area (Å²) in [4.78, 5) is 23.4. The van der Waals surface area contributed by atoms with Gasteiger partial charge in [-0.15, -0.1) is 0 Å². The molecule has 6 nitrogen and oxygen atoms in total. The van der Waals surface area contributed by atoms with Crippen molar-refractivity contribution in [3.63, 3.8) is 0 Å². The highest BCUT2D eigenvalue weighted by atomic mass is 16.5. The summed E-state index contributed by atoms with van der Waals surface area (Å²) >= 11 is 0. The molecular formula is C19H19N3O3. The standard InChI is InChI=1S/C19H19N3O3/c1-13-11-17(13)19(24)25-12-18(23)20-14-7-9-16(10-8-14)22-21-15-5-3-2-4-6-15/h2-10,13,17H,11-12H2,1H3,(H,20,23)/t13-,17+/m0/s1. The van der Waals surface area contributed by atoms with Crippen LogP contribution in [0.25, 0.3) is 0 Å². The third kappa shape index (κ3) is 4.97. The Morgan fingerprint density at radius 3 is 2.24 bits per heavy atom. The Bertz CT molecular complexity index is 772. The van der Waals surface area contributed by atoms with Crippen molar-refractivity contribution in [1.29, 1.82) is 0 Å². The molecule has 0 aromatic heterocycles. The van der Waals surface area contributed by atoms with Crippen LogP contribution in [-0.4, -0.2) is 18.5 Å². The molecule has 2 atom stereocenters. The Morgan fingerprint density at radius 1 is 1.04 bits per heavy atom. The van der Waals surface area contributed by atoms with E-state index >= 15 is 0 Å². The van der Waals surface area contributed by atoms with Gasteiger partial charge in [-0.25, -0.2) is 0 Å². The summed E-state index contributed by atoms with van der Waals surface area (Å²) < 4.78 is 5.00. The van der Waals surface area contributed by atoms with Crippen molar-refractivity contribution in [1.82, 2.24) is 0 Å². The third-order valence-corrected chi connectivity index (χ3v) is 3.95. The molecule has 0 heterocycles. The lowest BCUT2D eigenvalue weighted by Crippen LogP contribution is -2.21. The lowest BCUT2D eigenvalue weighted by Gasteiger charge is -2.06. The van der Waals surface area contributed by atoms with Gasteiger partial charge in [0.25, 0.3) is 5.91 Å². The number of carbonyl (C=O) groups excluding carboxylic acids is 2. The maximum atomic E-state index is 11.8. The van der Waals surface area contributed by atoms with Gasteiger partial charge in [-0.3, -0.25) is 9.59 Å². The van der Waals surface area contributed by atoms with E-state index in [2.05, 4.69) is 15.5 Å². The molecule has 0 spiro atoms. The number of anilines is 1. The van der Waals surface area contributed by atoms with Crippen LogP contribution in [0.15, 0.2) is 64.8 Å². The van der Waals surface area contributed by atoms with Crippen LogP contribution in [0.1, 0.15) is 13.3 Å². The van der Waals surface area contributed by atoms with Crippen LogP contribution >= 0.6 is 0 Å². The summed E-state index contributed by atoms with van der Waals surface area (Å²) in [5.74, 6) is -0.324. The Hall–Kier alpha value is -3.02. The van der Waals surface area contributed by atoms with Crippen molar-refractivity contribution in [2.24, 2.45) is 22.1 Å². The number of carbonyl (C=O) groups is 2. The summed E-state index contributed by atoms with van der Waals surface area (Å²) in [7, 11) is 0. The van der Waals surface area contributed by atoms with E-state index in [4.69, 9.17) is 4.74 Å². The van der Waals surface area contributed by atoms with Crippen LogP contribution in [-0.2, 0) is 14.3 Å². The molecule has 3 rings (SSSR count). The van der Waals surface area contributed by atoms with Gasteiger partial charge in [-0.1, -0.05) is 25.1 Å². The van der Waals surface area contributed by atoms with E-state index in [0.29, 0.717) is 17.3 Å². The summed E-state index contributed by atoms with van der Waals surface area (Å²) in [6, 6.07) is 16.4. The van der Waals surface area contributed by atoms with E-state index in [1.54, 1.807) is 24.3 Å². The number of nitrogens with one attached hydrogen (secondary N) is 1. The Balaban J connectivity index is 1.47. The highest BCUT2D eigenvalue weighted by molar-refractivity contribution is 5.93. The molecule has 0 saturated heterocycles. The number of hydrogen-bond donors (Lipinski definition) is 1. The lowest BCUT2D eigenvalue weighted by molar-refractivity contribution is -0.148. The molecule has 1 amide bonds. The van der Waals surface area contributed by atoms with E-state index in [0.717, 1.165) is 12.1 Å². The van der Waals surface area contributed by atoms with Gasteiger partial charge in [0.05, 0.1) is 17.3 Å². The van der Waals surface area contributed by atoms with Gasteiger partial charge in [0.15, 0.2) is 6.61 Å². The van der Waals surface area contributed by atoms with E-state index in [1.165, 1.54) is 0 Å². The molecule has 1 aliphatic carbocycles. The second-order valence-corrected chi connectivity index (χ2v) is 6.06. The van der Waals surface area contributed by atoms with Crippen LogP contribution < -0.4 is 5.32 Å². The molecule has 0 radical (unpaired) electrons. The summed E-state index contributed by atoms with van der Waals surface area (Å²) in [6.45, 7) is 1.72. The molecule has 128 valence electrons. The fourth-order valence-electron chi connectivity index (χ4n) is 2.31. The van der Waals surface area contributed by atoms with E-state index in [9.17, 15) is 9.59 Å². The van der Waals surface area contributed by atoms with E-state index in [-0.39, 0.29) is 24.4 Å². The molecule has 0 unspecified atom stereocenters. The van der Waals surface area contributed by atoms with Gasteiger partial charge in [-0.2, -0.15) is 10.2 Å². The molecule has 6 heteroatoms. The smallest absolute Gasteiger partial charge is 0.309 e. The van der Waals surface area contributed by atoms with Gasteiger partial charge < -0.3 is 10.1 Å². The van der Waals surface area contributed by atoms with Gasteiger partial charge in [0.1, 0.15) is 0 Å². The number of azo groups is 1. The minimum absolute atomic E-state index is 0.0398. The molecule has 0 bridgehead atoms. The second-order valence-electron chi connectivity index (χ2n) is 6.06. The van der Waals surface area contributed by atoms with Crippen LogP contribution in [0.5, 0.6) is 0 Å². The number of ether oxygens (including phenoxy) is 1. The van der Waals surface area contributed by atoms with Gasteiger partial charge in [-0.05, 0) is 48.7 Å². The quantitative estimate of drug-likeness (QED) is 0.632. The summed E-state index contributed by atoms with van der Waals surface area (Å²) in [6.07, 6.45) is 0.847. The Morgan fingerprint density at radius 2 is 1.64 bits per heavy atom. The maximum absolute atomic E-state index is 11.8. The Labute approximate surface area is 145 Å². The topological polar surface area (TPSA) is 80.1 Å². The molecule has 25 heavy (non-hydrogen) atoms. The normalized spacial score (nSPS) is 18.8. The molecule has 1 fully saturated rings. The van der Waals surface area contributed by atoms with Crippen molar-refractivity contribution in [3.05, 3.63) is 54.6 Å². The number of rotatable bonds is 6. The number of esters is 1. The fourth-order valence-corrected chi connectivity index (χ4v) is 2.31. The first kappa shape index (κ1) is 16.8. The number of nitrogens with zero attached hydrogens (tertiary/aromatic N) is 2. The SMILES string of the molecule is C[C@H]1C[C@H]1C(=O)OCC(=O)Nc1ccc(N=Nc2ccccc2)cc1. The molecule has 0 aliphatic heterocycles. The number of hydrogen-bond acceptors (Lipinski definition) is 5. The maximum Gasteiger partial charge on any atom is 0.309 e. The molecule has 1 N–H and O–H groups in total. The molecular weight excluding hydrogens is 318 g/mol. The largest absolute Gasteiger partial charge is 0.455 e. The summed E-state index contributed by atoms with van der Waals surface area (Å²) in [5, 5.41) is 10.9. The fraction of sp³-hybridized carbons (Fsp3) is 0.263. The summed E-state index contributed by atoms with van der Waals surface area (Å²) in [5.41, 5.74) is 2.06. The number of amides is 1. The average Bonchev–Trinajstić information content (AvgIpc) is 3.37. The lowest BCUT2D eigenvalue weighted by atomic mass is 10.3. The van der Waals surface area contributed by atoms with E-state index in [1.807, 2.05) is 37.3 Å². The second kappa shape index (κ2) is 7.70. The first-order valence-corrected chi connectivity index (χ1v) is 8.15. The van der Waals surface area contributed by atoms with Crippen LogP contribution in [0.4, 0.5) is 17.1 Å². The predicted octanol–water partition coefficient (Wildman–Crippen LogP) is 4.24. The van der Waals surface area contributed by atoms with Crippen LogP contribution in [0, 0.1) is 11.8 Å². The zero-order chi connectivity index (χ0) is 17.6. The van der Waals surface area contributed by atoms with Crippen LogP contribution in [0.3, 0.4) is 0 Å². The minimum atomic E-state index is -0.361. The Kier molecular flexibility index (Phi) is 5.18.